The van der Waals surface area contributed by atoms with E-state index in [4.69, 9.17) is 0 Å². The summed E-state index contributed by atoms with van der Waals surface area (Å²) < 4.78 is 27.4. The fourth-order valence-electron chi connectivity index (χ4n) is 2.93. The van der Waals surface area contributed by atoms with Crippen LogP contribution in [0.4, 0.5) is 8.78 Å². The van der Waals surface area contributed by atoms with E-state index in [1.165, 1.54) is 6.07 Å². The number of halogens is 2. The van der Waals surface area contributed by atoms with Crippen LogP contribution in [0.5, 0.6) is 0 Å². The van der Waals surface area contributed by atoms with E-state index in [2.05, 4.69) is 4.98 Å². The molecule has 104 valence electrons. The predicted molar refractivity (Wildman–Crippen MR) is 71.2 cm³/mol. The number of rotatable bonds is 1. The molecule has 0 aliphatic heterocycles. The summed E-state index contributed by atoms with van der Waals surface area (Å²) in [7, 11) is 0. The fourth-order valence-corrected chi connectivity index (χ4v) is 2.93. The molecule has 0 unspecified atom stereocenters. The minimum Gasteiger partial charge on any atom is -0.388 e. The Morgan fingerprint density at radius 3 is 2.75 bits per heavy atom. The summed E-state index contributed by atoms with van der Waals surface area (Å²) in [5, 5.41) is 10.5. The van der Waals surface area contributed by atoms with Crippen LogP contribution in [0, 0.1) is 11.6 Å². The first kappa shape index (κ1) is 13.2. The third-order valence-electron chi connectivity index (χ3n) is 3.93. The molecule has 0 spiro atoms. The number of pyridine rings is 1. The second kappa shape index (κ2) is 5.29. The standard InChI is InChI=1S/C16H15F2NO/c17-13-7-1-4-10(15(13)18)11-5-2-8-14-12(16(11)20)6-3-9-19-14/h1,3-4,6-7,9,11,16,20H,2,5,8H2/t11-,16+/m0/s1. The molecule has 0 bridgehead atoms. The topological polar surface area (TPSA) is 33.1 Å². The molecule has 1 aliphatic rings. The maximum Gasteiger partial charge on any atom is 0.162 e. The van der Waals surface area contributed by atoms with Gasteiger partial charge in [0.05, 0.1) is 6.10 Å². The highest BCUT2D eigenvalue weighted by Crippen LogP contribution is 2.40. The molecule has 1 aromatic carbocycles. The quantitative estimate of drug-likeness (QED) is 0.808. The summed E-state index contributed by atoms with van der Waals surface area (Å²) in [4.78, 5) is 4.27. The van der Waals surface area contributed by atoms with Crippen molar-refractivity contribution in [3.63, 3.8) is 0 Å². The van der Waals surface area contributed by atoms with Crippen LogP contribution in [0.25, 0.3) is 0 Å². The number of hydrogen-bond acceptors (Lipinski definition) is 2. The van der Waals surface area contributed by atoms with Gasteiger partial charge in [0.1, 0.15) is 0 Å². The molecular formula is C16H15F2NO. The SMILES string of the molecule is O[C@H]1c2cccnc2CCC[C@H]1c1cccc(F)c1F. The number of benzene rings is 1. The van der Waals surface area contributed by atoms with Gasteiger partial charge in [-0.3, -0.25) is 4.98 Å². The van der Waals surface area contributed by atoms with Crippen LogP contribution in [0.3, 0.4) is 0 Å². The Labute approximate surface area is 116 Å². The number of hydrogen-bond donors (Lipinski definition) is 1. The number of aliphatic hydroxyl groups is 1. The van der Waals surface area contributed by atoms with E-state index >= 15 is 0 Å². The zero-order valence-electron chi connectivity index (χ0n) is 10.9. The van der Waals surface area contributed by atoms with Crippen LogP contribution in [0.2, 0.25) is 0 Å². The number of fused-ring (bicyclic) bond motifs is 1. The zero-order valence-corrected chi connectivity index (χ0v) is 10.9. The molecule has 4 heteroatoms. The average molecular weight is 275 g/mol. The number of aryl methyl sites for hydroxylation is 1. The van der Waals surface area contributed by atoms with E-state index in [1.807, 2.05) is 6.07 Å². The zero-order chi connectivity index (χ0) is 14.1. The van der Waals surface area contributed by atoms with Crippen LogP contribution >= 0.6 is 0 Å². The second-order valence-electron chi connectivity index (χ2n) is 5.13. The van der Waals surface area contributed by atoms with E-state index in [9.17, 15) is 13.9 Å². The lowest BCUT2D eigenvalue weighted by atomic mass is 9.87. The van der Waals surface area contributed by atoms with Gasteiger partial charge in [-0.2, -0.15) is 0 Å². The monoisotopic (exact) mass is 275 g/mol. The lowest BCUT2D eigenvalue weighted by Gasteiger charge is -2.22. The van der Waals surface area contributed by atoms with E-state index < -0.39 is 23.7 Å². The maximum atomic E-state index is 14.0. The van der Waals surface area contributed by atoms with Crippen LogP contribution in [-0.2, 0) is 6.42 Å². The third kappa shape index (κ3) is 2.20. The van der Waals surface area contributed by atoms with Gasteiger partial charge in [0.25, 0.3) is 0 Å². The van der Waals surface area contributed by atoms with Gasteiger partial charge in [0.2, 0.25) is 0 Å². The summed E-state index contributed by atoms with van der Waals surface area (Å²) in [5.74, 6) is -2.16. The Morgan fingerprint density at radius 1 is 1.10 bits per heavy atom. The first-order chi connectivity index (χ1) is 9.68. The summed E-state index contributed by atoms with van der Waals surface area (Å²) in [5.41, 5.74) is 1.81. The number of nitrogens with zero attached hydrogens (tertiary/aromatic N) is 1. The van der Waals surface area contributed by atoms with Crippen molar-refractivity contribution in [2.75, 3.05) is 0 Å². The highest BCUT2D eigenvalue weighted by molar-refractivity contribution is 5.31. The van der Waals surface area contributed by atoms with Gasteiger partial charge < -0.3 is 5.11 Å². The van der Waals surface area contributed by atoms with Crippen LogP contribution < -0.4 is 0 Å². The summed E-state index contributed by atoms with van der Waals surface area (Å²) in [6.45, 7) is 0. The molecule has 1 aliphatic carbocycles. The predicted octanol–water partition coefficient (Wildman–Crippen LogP) is 3.51. The van der Waals surface area contributed by atoms with Crippen molar-refractivity contribution in [1.82, 2.24) is 4.98 Å². The molecule has 0 saturated carbocycles. The second-order valence-corrected chi connectivity index (χ2v) is 5.13. The Bertz CT molecular complexity index is 630. The van der Waals surface area contributed by atoms with Crippen molar-refractivity contribution < 1.29 is 13.9 Å². The highest BCUT2D eigenvalue weighted by Gasteiger charge is 2.30. The van der Waals surface area contributed by atoms with Crippen molar-refractivity contribution in [1.29, 1.82) is 0 Å². The van der Waals surface area contributed by atoms with Gasteiger partial charge in [-0.15, -0.1) is 0 Å². The van der Waals surface area contributed by atoms with Gasteiger partial charge in [0, 0.05) is 23.4 Å². The van der Waals surface area contributed by atoms with Crippen LogP contribution in [-0.4, -0.2) is 10.1 Å². The molecule has 0 fully saturated rings. The van der Waals surface area contributed by atoms with Crippen LogP contribution in [0.1, 0.15) is 41.7 Å². The van der Waals surface area contributed by atoms with Crippen molar-refractivity contribution in [3.8, 4) is 0 Å². The summed E-state index contributed by atoms with van der Waals surface area (Å²) in [6, 6.07) is 7.69. The van der Waals surface area contributed by atoms with Crippen molar-refractivity contribution >= 4 is 0 Å². The molecule has 2 aromatic rings. The van der Waals surface area contributed by atoms with E-state index in [1.54, 1.807) is 18.3 Å². The molecule has 0 amide bonds. The molecule has 1 heterocycles. The molecule has 2 nitrogen and oxygen atoms in total. The lowest BCUT2D eigenvalue weighted by molar-refractivity contribution is 0.140. The third-order valence-corrected chi connectivity index (χ3v) is 3.93. The lowest BCUT2D eigenvalue weighted by Crippen LogP contribution is -2.13. The van der Waals surface area contributed by atoms with Gasteiger partial charge in [-0.25, -0.2) is 8.78 Å². The first-order valence-electron chi connectivity index (χ1n) is 6.74. The van der Waals surface area contributed by atoms with Crippen molar-refractivity contribution in [2.24, 2.45) is 0 Å². The Morgan fingerprint density at radius 2 is 1.90 bits per heavy atom. The Balaban J connectivity index is 2.05. The average Bonchev–Trinajstić information content (AvgIpc) is 2.62. The van der Waals surface area contributed by atoms with Crippen molar-refractivity contribution in [3.05, 3.63) is 65.0 Å². The van der Waals surface area contributed by atoms with Gasteiger partial charge in [-0.05, 0) is 37.0 Å². The van der Waals surface area contributed by atoms with Gasteiger partial charge in [-0.1, -0.05) is 18.2 Å². The normalized spacial score (nSPS) is 22.1. The minimum atomic E-state index is -0.870. The van der Waals surface area contributed by atoms with E-state index in [-0.39, 0.29) is 5.56 Å². The largest absolute Gasteiger partial charge is 0.388 e. The summed E-state index contributed by atoms with van der Waals surface area (Å²) in [6.07, 6.45) is 2.99. The number of aromatic nitrogens is 1. The maximum absolute atomic E-state index is 14.0. The Hall–Kier alpha value is -1.81. The van der Waals surface area contributed by atoms with Gasteiger partial charge in [0.15, 0.2) is 11.6 Å². The first-order valence-corrected chi connectivity index (χ1v) is 6.74. The van der Waals surface area contributed by atoms with Gasteiger partial charge >= 0.3 is 0 Å². The highest BCUT2D eigenvalue weighted by atomic mass is 19.2. The number of aliphatic hydroxyl groups excluding tert-OH is 1. The molecule has 1 aromatic heterocycles. The molecule has 0 saturated heterocycles. The molecular weight excluding hydrogens is 260 g/mol. The molecule has 1 N–H and O–H groups in total. The Kier molecular flexibility index (Phi) is 3.49. The molecule has 20 heavy (non-hydrogen) atoms. The molecule has 3 rings (SSSR count). The van der Waals surface area contributed by atoms with Crippen molar-refractivity contribution in [2.45, 2.75) is 31.3 Å². The molecule has 0 radical (unpaired) electrons. The minimum absolute atomic E-state index is 0.245. The smallest absolute Gasteiger partial charge is 0.162 e. The van der Waals surface area contributed by atoms with E-state index in [0.29, 0.717) is 6.42 Å². The molecule has 2 atom stereocenters. The fraction of sp³-hybridized carbons (Fsp3) is 0.312. The summed E-state index contributed by atoms with van der Waals surface area (Å²) >= 11 is 0. The van der Waals surface area contributed by atoms with E-state index in [0.717, 1.165) is 30.2 Å². The van der Waals surface area contributed by atoms with Crippen LogP contribution in [0.15, 0.2) is 36.5 Å².